The molecule has 1 fully saturated rings. The second kappa shape index (κ2) is 6.70. The van der Waals surface area contributed by atoms with Gasteiger partial charge in [-0.1, -0.05) is 6.92 Å². The van der Waals surface area contributed by atoms with E-state index in [1.807, 2.05) is 0 Å². The van der Waals surface area contributed by atoms with Crippen molar-refractivity contribution in [1.82, 2.24) is 9.97 Å². The van der Waals surface area contributed by atoms with Crippen LogP contribution in [-0.4, -0.2) is 42.8 Å². The summed E-state index contributed by atoms with van der Waals surface area (Å²) in [6, 6.07) is 0. The van der Waals surface area contributed by atoms with Gasteiger partial charge >= 0.3 is 0 Å². The van der Waals surface area contributed by atoms with Crippen LogP contribution in [0.15, 0.2) is 0 Å². The van der Waals surface area contributed by atoms with Gasteiger partial charge in [0, 0.05) is 38.2 Å². The molecule has 1 aromatic rings. The summed E-state index contributed by atoms with van der Waals surface area (Å²) in [6.45, 7) is 10.7. The van der Waals surface area contributed by atoms with Crippen LogP contribution in [0.5, 0.6) is 0 Å². The normalized spacial score (nSPS) is 16.3. The fourth-order valence-corrected chi connectivity index (χ4v) is 2.31. The molecule has 19 heavy (non-hydrogen) atoms. The van der Waals surface area contributed by atoms with Crippen molar-refractivity contribution in [3.8, 4) is 0 Å². The second-order valence-electron chi connectivity index (χ2n) is 4.77. The van der Waals surface area contributed by atoms with E-state index >= 15 is 0 Å². The van der Waals surface area contributed by atoms with E-state index in [9.17, 15) is 0 Å². The molecule has 1 N–H and O–H groups in total. The molecule has 2 rings (SSSR count). The second-order valence-corrected chi connectivity index (χ2v) is 4.77. The summed E-state index contributed by atoms with van der Waals surface area (Å²) >= 11 is 0. The molecule has 1 saturated heterocycles. The van der Waals surface area contributed by atoms with Crippen molar-refractivity contribution in [2.24, 2.45) is 0 Å². The predicted octanol–water partition coefficient (Wildman–Crippen LogP) is 2.01. The average Bonchev–Trinajstić information content (AvgIpc) is 2.70. The molecule has 0 atom stereocenters. The van der Waals surface area contributed by atoms with E-state index in [0.29, 0.717) is 0 Å². The summed E-state index contributed by atoms with van der Waals surface area (Å²) in [7, 11) is 0. The number of nitrogens with one attached hydrogen (secondary N) is 1. The van der Waals surface area contributed by atoms with E-state index in [-0.39, 0.29) is 0 Å². The maximum atomic E-state index is 5.52. The van der Waals surface area contributed by atoms with Crippen LogP contribution in [0.3, 0.4) is 0 Å². The van der Waals surface area contributed by atoms with Gasteiger partial charge in [-0.2, -0.15) is 0 Å². The molecule has 0 saturated carbocycles. The molecular weight excluding hydrogens is 240 g/mol. The molecule has 1 aliphatic heterocycles. The molecule has 0 aromatic carbocycles. The van der Waals surface area contributed by atoms with E-state index < -0.39 is 0 Å². The first kappa shape index (κ1) is 14.1. The number of anilines is 2. The number of nitrogens with zero attached hydrogens (tertiary/aromatic N) is 3. The van der Waals surface area contributed by atoms with Crippen LogP contribution in [0.1, 0.15) is 31.7 Å². The van der Waals surface area contributed by atoms with Crippen LogP contribution in [0.4, 0.5) is 11.6 Å². The Hall–Kier alpha value is -1.36. The topological polar surface area (TPSA) is 50.3 Å². The van der Waals surface area contributed by atoms with Crippen molar-refractivity contribution in [3.05, 3.63) is 11.4 Å². The van der Waals surface area contributed by atoms with Crippen LogP contribution in [-0.2, 0) is 11.2 Å². The standard InChI is InChI=1S/C14H24N4O/c1-4-12-16-13(15-5-2)11(3)14(17-12)18-7-6-9-19-10-8-18/h4-10H2,1-3H3,(H,15,16,17). The highest BCUT2D eigenvalue weighted by molar-refractivity contribution is 5.58. The third-order valence-electron chi connectivity index (χ3n) is 3.35. The quantitative estimate of drug-likeness (QED) is 0.901. The first-order chi connectivity index (χ1) is 9.26. The molecule has 0 bridgehead atoms. The lowest BCUT2D eigenvalue weighted by atomic mass is 10.2. The lowest BCUT2D eigenvalue weighted by Gasteiger charge is -2.24. The van der Waals surface area contributed by atoms with Crippen molar-refractivity contribution < 1.29 is 4.74 Å². The number of rotatable bonds is 4. The van der Waals surface area contributed by atoms with Crippen molar-refractivity contribution in [3.63, 3.8) is 0 Å². The first-order valence-electron chi connectivity index (χ1n) is 7.20. The molecule has 0 aliphatic carbocycles. The van der Waals surface area contributed by atoms with Crippen LogP contribution < -0.4 is 10.2 Å². The highest BCUT2D eigenvalue weighted by Gasteiger charge is 2.17. The minimum Gasteiger partial charge on any atom is -0.380 e. The number of aryl methyl sites for hydroxylation is 1. The Labute approximate surface area is 115 Å². The summed E-state index contributed by atoms with van der Waals surface area (Å²) in [5.74, 6) is 2.93. The van der Waals surface area contributed by atoms with Gasteiger partial charge in [0.25, 0.3) is 0 Å². The van der Waals surface area contributed by atoms with Crippen molar-refractivity contribution in [2.45, 2.75) is 33.6 Å². The molecule has 5 heteroatoms. The van der Waals surface area contributed by atoms with E-state index in [1.54, 1.807) is 0 Å². The Morgan fingerprint density at radius 2 is 2.05 bits per heavy atom. The summed E-state index contributed by atoms with van der Waals surface area (Å²) in [4.78, 5) is 11.6. The van der Waals surface area contributed by atoms with Gasteiger partial charge in [-0.25, -0.2) is 9.97 Å². The Kier molecular flexibility index (Phi) is 4.96. The SMILES string of the molecule is CCNc1nc(CC)nc(N2CCCOCC2)c1C. The van der Waals surface area contributed by atoms with Crippen molar-refractivity contribution >= 4 is 11.6 Å². The maximum Gasteiger partial charge on any atom is 0.137 e. The molecule has 2 heterocycles. The van der Waals surface area contributed by atoms with Gasteiger partial charge in [0.05, 0.1) is 6.61 Å². The highest BCUT2D eigenvalue weighted by Crippen LogP contribution is 2.24. The number of aromatic nitrogens is 2. The molecule has 1 aliphatic rings. The van der Waals surface area contributed by atoms with Gasteiger partial charge in [0.2, 0.25) is 0 Å². The molecular formula is C14H24N4O. The molecule has 0 unspecified atom stereocenters. The van der Waals surface area contributed by atoms with E-state index in [2.05, 4.69) is 36.0 Å². The van der Waals surface area contributed by atoms with Gasteiger partial charge in [0.1, 0.15) is 17.5 Å². The van der Waals surface area contributed by atoms with Crippen LogP contribution in [0.2, 0.25) is 0 Å². The Morgan fingerprint density at radius 3 is 2.79 bits per heavy atom. The third kappa shape index (κ3) is 3.35. The van der Waals surface area contributed by atoms with Gasteiger partial charge < -0.3 is 15.0 Å². The zero-order valence-corrected chi connectivity index (χ0v) is 12.2. The predicted molar refractivity (Wildman–Crippen MR) is 78.0 cm³/mol. The van der Waals surface area contributed by atoms with E-state index in [0.717, 1.165) is 68.7 Å². The Bertz CT molecular complexity index is 414. The summed E-state index contributed by atoms with van der Waals surface area (Å²) < 4.78 is 5.52. The monoisotopic (exact) mass is 264 g/mol. The average molecular weight is 264 g/mol. The van der Waals surface area contributed by atoms with Crippen molar-refractivity contribution in [1.29, 1.82) is 0 Å². The van der Waals surface area contributed by atoms with Crippen LogP contribution >= 0.6 is 0 Å². The van der Waals surface area contributed by atoms with Gasteiger partial charge in [-0.3, -0.25) is 0 Å². The third-order valence-corrected chi connectivity index (χ3v) is 3.35. The smallest absolute Gasteiger partial charge is 0.137 e. The maximum absolute atomic E-state index is 5.52. The molecule has 106 valence electrons. The summed E-state index contributed by atoms with van der Waals surface area (Å²) in [5, 5.41) is 3.34. The van der Waals surface area contributed by atoms with Gasteiger partial charge in [-0.15, -0.1) is 0 Å². The van der Waals surface area contributed by atoms with Crippen LogP contribution in [0, 0.1) is 6.92 Å². The highest BCUT2D eigenvalue weighted by atomic mass is 16.5. The van der Waals surface area contributed by atoms with Gasteiger partial charge in [-0.05, 0) is 20.3 Å². The zero-order valence-electron chi connectivity index (χ0n) is 12.2. The summed E-state index contributed by atoms with van der Waals surface area (Å²) in [6.07, 6.45) is 1.91. The fraction of sp³-hybridized carbons (Fsp3) is 0.714. The largest absolute Gasteiger partial charge is 0.380 e. The lowest BCUT2D eigenvalue weighted by Crippen LogP contribution is -2.28. The number of ether oxygens (including phenoxy) is 1. The molecule has 0 amide bonds. The molecule has 0 spiro atoms. The molecule has 0 radical (unpaired) electrons. The fourth-order valence-electron chi connectivity index (χ4n) is 2.31. The number of hydrogen-bond acceptors (Lipinski definition) is 5. The van der Waals surface area contributed by atoms with Crippen LogP contribution in [0.25, 0.3) is 0 Å². The molecule has 1 aromatic heterocycles. The van der Waals surface area contributed by atoms with Gasteiger partial charge in [0.15, 0.2) is 0 Å². The first-order valence-corrected chi connectivity index (χ1v) is 7.20. The van der Waals surface area contributed by atoms with E-state index in [1.165, 1.54) is 0 Å². The summed E-state index contributed by atoms with van der Waals surface area (Å²) in [5.41, 5.74) is 1.14. The van der Waals surface area contributed by atoms with Crippen molar-refractivity contribution in [2.75, 3.05) is 43.1 Å². The minimum absolute atomic E-state index is 0.779. The Balaban J connectivity index is 2.33. The zero-order chi connectivity index (χ0) is 13.7. The Morgan fingerprint density at radius 1 is 1.21 bits per heavy atom. The molecule has 5 nitrogen and oxygen atoms in total. The number of hydrogen-bond donors (Lipinski definition) is 1. The lowest BCUT2D eigenvalue weighted by molar-refractivity contribution is 0.152. The van der Waals surface area contributed by atoms with E-state index in [4.69, 9.17) is 9.72 Å². The minimum atomic E-state index is 0.779.